The van der Waals surface area contributed by atoms with Gasteiger partial charge < -0.3 is 21.8 Å². The highest BCUT2D eigenvalue weighted by Crippen LogP contribution is 2.09. The molecule has 0 unspecified atom stereocenters. The Bertz CT molecular complexity index is 182. The highest BCUT2D eigenvalue weighted by atomic mass is 35.5. The smallest absolute Gasteiger partial charge is 0.0782 e. The van der Waals surface area contributed by atoms with Crippen LogP contribution in [0.25, 0.3) is 0 Å². The van der Waals surface area contributed by atoms with Crippen molar-refractivity contribution in [1.82, 2.24) is 4.90 Å². The third-order valence-electron chi connectivity index (χ3n) is 3.74. The predicted molar refractivity (Wildman–Crippen MR) is 83.0 cm³/mol. The minimum Gasteiger partial charge on any atom is -1.00 e. The summed E-state index contributed by atoms with van der Waals surface area (Å²) in [6.45, 7) is 6.24. The Morgan fingerprint density at radius 2 is 1.21 bits per heavy atom. The maximum Gasteiger partial charge on any atom is 0.0782 e. The molecule has 19 heavy (non-hydrogen) atoms. The van der Waals surface area contributed by atoms with E-state index in [1.54, 1.807) is 0 Å². The van der Waals surface area contributed by atoms with E-state index in [-0.39, 0.29) is 12.4 Å². The first-order valence-electron chi connectivity index (χ1n) is 7.94. The minimum atomic E-state index is 0. The van der Waals surface area contributed by atoms with Gasteiger partial charge in [0.2, 0.25) is 0 Å². The molecule has 0 atom stereocenters. The van der Waals surface area contributed by atoms with Crippen molar-refractivity contribution in [2.24, 2.45) is 0 Å². The molecule has 2 nitrogen and oxygen atoms in total. The van der Waals surface area contributed by atoms with Gasteiger partial charge in [-0.1, -0.05) is 26.2 Å². The van der Waals surface area contributed by atoms with Crippen LogP contribution in [-0.4, -0.2) is 57.2 Å². The van der Waals surface area contributed by atoms with Crippen LogP contribution in [0.3, 0.4) is 0 Å². The van der Waals surface area contributed by atoms with Crippen LogP contribution in [0.5, 0.6) is 0 Å². The predicted octanol–water partition coefficient (Wildman–Crippen LogP) is 0.769. The first-order chi connectivity index (χ1) is 8.48. The number of hydrogen-bond donors (Lipinski definition) is 0. The van der Waals surface area contributed by atoms with Gasteiger partial charge in [0.1, 0.15) is 0 Å². The Labute approximate surface area is 128 Å². The van der Waals surface area contributed by atoms with Crippen molar-refractivity contribution in [3.8, 4) is 0 Å². The molecule has 0 aliphatic carbocycles. The summed E-state index contributed by atoms with van der Waals surface area (Å²) in [7, 11) is 9.12. The average molecular weight is 293 g/mol. The fraction of sp³-hybridized carbons (Fsp3) is 1.00. The first kappa shape index (κ1) is 21.5. The lowest BCUT2D eigenvalue weighted by molar-refractivity contribution is -0.890. The minimum absolute atomic E-state index is 0. The second kappa shape index (κ2) is 13.2. The molecule has 3 heteroatoms. The zero-order valence-electron chi connectivity index (χ0n) is 14.1. The van der Waals surface area contributed by atoms with E-state index in [9.17, 15) is 0 Å². The van der Waals surface area contributed by atoms with E-state index in [4.69, 9.17) is 0 Å². The number of halogens is 1. The molecule has 0 aromatic heterocycles. The van der Waals surface area contributed by atoms with Crippen molar-refractivity contribution in [3.63, 3.8) is 0 Å². The van der Waals surface area contributed by atoms with Crippen LogP contribution in [0.1, 0.15) is 58.3 Å². The van der Waals surface area contributed by atoms with E-state index in [2.05, 4.69) is 40.0 Å². The van der Waals surface area contributed by atoms with Crippen LogP contribution < -0.4 is 12.4 Å². The second-order valence-electron chi connectivity index (χ2n) is 6.66. The molecule has 0 aromatic rings. The Hall–Kier alpha value is 0.210. The molecule has 0 aromatic carbocycles. The van der Waals surface area contributed by atoms with Crippen LogP contribution in [-0.2, 0) is 0 Å². The normalized spacial score (nSPS) is 11.7. The standard InChI is InChI=1S/C16H37N2.ClH/c1-6-7-8-12-15-18(4,5)16-13-10-9-11-14-17(2)3;/h6-16H2,1-5H3;1H/q+1;/p-1. The highest BCUT2D eigenvalue weighted by Gasteiger charge is 2.13. The fourth-order valence-corrected chi connectivity index (χ4v) is 2.40. The van der Waals surface area contributed by atoms with Gasteiger partial charge in [0, 0.05) is 0 Å². The Balaban J connectivity index is 0. The first-order valence-corrected chi connectivity index (χ1v) is 7.94. The molecule has 0 bridgehead atoms. The Morgan fingerprint density at radius 3 is 1.68 bits per heavy atom. The van der Waals surface area contributed by atoms with Crippen molar-refractivity contribution < 1.29 is 16.9 Å². The van der Waals surface area contributed by atoms with Crippen molar-refractivity contribution in [2.75, 3.05) is 47.8 Å². The molecule has 0 aliphatic rings. The number of nitrogens with zero attached hydrogens (tertiary/aromatic N) is 2. The highest BCUT2D eigenvalue weighted by molar-refractivity contribution is 4.48. The summed E-state index contributed by atoms with van der Waals surface area (Å²) in [6, 6.07) is 0. The van der Waals surface area contributed by atoms with Crippen LogP contribution >= 0.6 is 0 Å². The number of hydrogen-bond acceptors (Lipinski definition) is 1. The van der Waals surface area contributed by atoms with E-state index < -0.39 is 0 Å². The number of rotatable bonds is 12. The second-order valence-corrected chi connectivity index (χ2v) is 6.66. The summed E-state index contributed by atoms with van der Waals surface area (Å²) in [5, 5.41) is 0. The maximum absolute atomic E-state index is 2.39. The lowest BCUT2D eigenvalue weighted by Gasteiger charge is -2.30. The lowest BCUT2D eigenvalue weighted by atomic mass is 10.1. The van der Waals surface area contributed by atoms with E-state index in [0.29, 0.717) is 0 Å². The molecule has 0 fully saturated rings. The van der Waals surface area contributed by atoms with Gasteiger partial charge in [-0.2, -0.15) is 0 Å². The lowest BCUT2D eigenvalue weighted by Crippen LogP contribution is -3.00. The van der Waals surface area contributed by atoms with Crippen LogP contribution in [0.4, 0.5) is 0 Å². The molecule has 0 N–H and O–H groups in total. The molecule has 0 spiro atoms. The van der Waals surface area contributed by atoms with E-state index in [1.807, 2.05) is 0 Å². The van der Waals surface area contributed by atoms with Crippen molar-refractivity contribution in [3.05, 3.63) is 0 Å². The average Bonchev–Trinajstić information content (AvgIpc) is 2.29. The fourth-order valence-electron chi connectivity index (χ4n) is 2.40. The Morgan fingerprint density at radius 1 is 0.737 bits per heavy atom. The quantitative estimate of drug-likeness (QED) is 0.379. The van der Waals surface area contributed by atoms with Gasteiger partial charge in [0.25, 0.3) is 0 Å². The molecule has 0 amide bonds. The van der Waals surface area contributed by atoms with Gasteiger partial charge in [-0.05, 0) is 52.7 Å². The molecule has 0 rings (SSSR count). The largest absolute Gasteiger partial charge is 1.00 e. The molecule has 0 aliphatic heterocycles. The van der Waals surface area contributed by atoms with Crippen molar-refractivity contribution in [1.29, 1.82) is 0 Å². The molecular weight excluding hydrogens is 256 g/mol. The maximum atomic E-state index is 2.39. The van der Waals surface area contributed by atoms with Crippen LogP contribution in [0.15, 0.2) is 0 Å². The van der Waals surface area contributed by atoms with Crippen LogP contribution in [0, 0.1) is 0 Å². The van der Waals surface area contributed by atoms with Crippen molar-refractivity contribution >= 4 is 0 Å². The van der Waals surface area contributed by atoms with Crippen LogP contribution in [0.2, 0.25) is 0 Å². The monoisotopic (exact) mass is 292 g/mol. The van der Waals surface area contributed by atoms with Gasteiger partial charge in [-0.3, -0.25) is 0 Å². The summed E-state index contributed by atoms with van der Waals surface area (Å²) in [5.41, 5.74) is 0. The van der Waals surface area contributed by atoms with Gasteiger partial charge in [0.15, 0.2) is 0 Å². The molecular formula is C16H37ClN2. The molecule has 0 saturated heterocycles. The van der Waals surface area contributed by atoms with Crippen molar-refractivity contribution in [2.45, 2.75) is 58.3 Å². The van der Waals surface area contributed by atoms with E-state index >= 15 is 0 Å². The van der Waals surface area contributed by atoms with E-state index in [0.717, 1.165) is 0 Å². The van der Waals surface area contributed by atoms with Gasteiger partial charge in [-0.25, -0.2) is 0 Å². The molecule has 0 radical (unpaired) electrons. The molecule has 118 valence electrons. The van der Waals surface area contributed by atoms with Gasteiger partial charge in [-0.15, -0.1) is 0 Å². The molecule has 0 saturated carbocycles. The summed E-state index contributed by atoms with van der Waals surface area (Å²) in [5.74, 6) is 0. The summed E-state index contributed by atoms with van der Waals surface area (Å²) < 4.78 is 1.22. The zero-order chi connectivity index (χ0) is 13.9. The third kappa shape index (κ3) is 16.2. The third-order valence-corrected chi connectivity index (χ3v) is 3.74. The topological polar surface area (TPSA) is 3.24 Å². The SMILES string of the molecule is CCCCCC[N+](C)(C)CCCCCCN(C)C.[Cl-]. The summed E-state index contributed by atoms with van der Waals surface area (Å²) in [6.07, 6.45) is 11.1. The van der Waals surface area contributed by atoms with Gasteiger partial charge >= 0.3 is 0 Å². The molecule has 0 heterocycles. The zero-order valence-corrected chi connectivity index (χ0v) is 14.8. The number of quaternary nitrogens is 1. The van der Waals surface area contributed by atoms with E-state index in [1.165, 1.54) is 75.5 Å². The number of unbranched alkanes of at least 4 members (excludes halogenated alkanes) is 6. The summed E-state index contributed by atoms with van der Waals surface area (Å²) in [4.78, 5) is 2.29. The van der Waals surface area contributed by atoms with Gasteiger partial charge in [0.05, 0.1) is 27.2 Å². The Kier molecular flexibility index (Phi) is 14.9. The summed E-state index contributed by atoms with van der Waals surface area (Å²) >= 11 is 0.